The summed E-state index contributed by atoms with van der Waals surface area (Å²) in [4.78, 5) is 41.0. The van der Waals surface area contributed by atoms with Crippen molar-refractivity contribution in [2.24, 2.45) is 0 Å². The maximum atomic E-state index is 12.8. The van der Waals surface area contributed by atoms with Gasteiger partial charge in [0.1, 0.15) is 5.70 Å². The largest absolute Gasteiger partial charge is 0.503 e. The van der Waals surface area contributed by atoms with Crippen molar-refractivity contribution in [1.82, 2.24) is 9.88 Å². The van der Waals surface area contributed by atoms with Crippen molar-refractivity contribution >= 4 is 35.6 Å². The number of rotatable bonds is 6. The van der Waals surface area contributed by atoms with E-state index in [1.807, 2.05) is 34.6 Å². The molecular formula is C19H18N3O5S2+. The minimum atomic E-state index is -0.552. The monoisotopic (exact) mass is 432 g/mol. The molecule has 1 atom stereocenters. The number of hydrogen-bond donors (Lipinski definition) is 2. The van der Waals surface area contributed by atoms with Crippen molar-refractivity contribution in [2.75, 3.05) is 11.7 Å². The van der Waals surface area contributed by atoms with Gasteiger partial charge in [0, 0.05) is 42.3 Å². The van der Waals surface area contributed by atoms with E-state index < -0.39 is 11.4 Å². The Bertz CT molecular complexity index is 1040. The van der Waals surface area contributed by atoms with Gasteiger partial charge in [0.15, 0.2) is 18.1 Å². The summed E-state index contributed by atoms with van der Waals surface area (Å²) in [5.41, 5.74) is 1.02. The molecule has 2 aliphatic heterocycles. The van der Waals surface area contributed by atoms with Gasteiger partial charge in [0.25, 0.3) is 0 Å². The number of aromatic hydroxyl groups is 1. The lowest BCUT2D eigenvalue weighted by Gasteiger charge is -2.44. The number of esters is 1. The van der Waals surface area contributed by atoms with Crippen LogP contribution in [-0.4, -0.2) is 43.9 Å². The third-order valence-corrected chi connectivity index (χ3v) is 6.60. The number of carbonyl (C=O) groups excluding carboxylic acids is 2. The van der Waals surface area contributed by atoms with E-state index in [1.165, 1.54) is 29.1 Å². The van der Waals surface area contributed by atoms with E-state index in [-0.39, 0.29) is 35.1 Å². The highest BCUT2D eigenvalue weighted by Gasteiger charge is 2.45. The van der Waals surface area contributed by atoms with Crippen LogP contribution in [0.2, 0.25) is 0 Å². The molecule has 0 saturated carbocycles. The molecule has 4 rings (SSSR count). The van der Waals surface area contributed by atoms with Crippen LogP contribution >= 0.6 is 23.7 Å². The van der Waals surface area contributed by atoms with E-state index in [9.17, 15) is 19.5 Å². The van der Waals surface area contributed by atoms with Gasteiger partial charge in [-0.05, 0) is 5.57 Å². The molecule has 10 heteroatoms. The summed E-state index contributed by atoms with van der Waals surface area (Å²) in [6, 6.07) is 6.93. The van der Waals surface area contributed by atoms with Gasteiger partial charge >= 0.3 is 5.97 Å². The zero-order valence-corrected chi connectivity index (χ0v) is 16.9. The SMILES string of the molecule is O=C(OCS[n+]1ccccc1)C1=C(Cc2cc(=O)c(O)c[nH]2)CS[C@H]2CC(=O)N12. The number of H-pyrrole nitrogens is 1. The Morgan fingerprint density at radius 3 is 2.86 bits per heavy atom. The molecule has 0 radical (unpaired) electrons. The van der Waals surface area contributed by atoms with Gasteiger partial charge in [0.05, 0.1) is 11.8 Å². The number of carbonyl (C=O) groups is 2. The third-order valence-electron chi connectivity index (χ3n) is 4.56. The van der Waals surface area contributed by atoms with Crippen molar-refractivity contribution < 1.29 is 23.4 Å². The molecule has 0 aliphatic carbocycles. The molecule has 0 aromatic carbocycles. The first-order valence-electron chi connectivity index (χ1n) is 8.86. The fourth-order valence-electron chi connectivity index (χ4n) is 3.12. The van der Waals surface area contributed by atoms with E-state index in [2.05, 4.69) is 4.98 Å². The highest BCUT2D eigenvalue weighted by Crippen LogP contribution is 2.41. The van der Waals surface area contributed by atoms with Crippen LogP contribution in [-0.2, 0) is 20.7 Å². The summed E-state index contributed by atoms with van der Waals surface area (Å²) < 4.78 is 7.24. The molecule has 150 valence electrons. The summed E-state index contributed by atoms with van der Waals surface area (Å²) in [5, 5.41) is 9.36. The predicted octanol–water partition coefficient (Wildman–Crippen LogP) is 1.17. The van der Waals surface area contributed by atoms with Gasteiger partial charge in [-0.25, -0.2) is 4.79 Å². The molecule has 2 aromatic heterocycles. The first kappa shape index (κ1) is 19.6. The van der Waals surface area contributed by atoms with Gasteiger partial charge in [-0.3, -0.25) is 14.5 Å². The number of hydrogen-bond acceptors (Lipinski definition) is 7. The quantitative estimate of drug-likeness (QED) is 0.306. The van der Waals surface area contributed by atoms with E-state index in [4.69, 9.17) is 4.74 Å². The molecule has 0 spiro atoms. The van der Waals surface area contributed by atoms with Crippen LogP contribution in [0.4, 0.5) is 0 Å². The number of ether oxygens (including phenoxy) is 1. The fourth-order valence-corrected chi connectivity index (χ4v) is 4.98. The minimum Gasteiger partial charge on any atom is -0.503 e. The lowest BCUT2D eigenvalue weighted by Crippen LogP contribution is -2.54. The summed E-state index contributed by atoms with van der Waals surface area (Å²) in [7, 11) is 0. The maximum absolute atomic E-state index is 12.8. The third kappa shape index (κ3) is 4.18. The Balaban J connectivity index is 1.54. The van der Waals surface area contributed by atoms with Crippen molar-refractivity contribution in [2.45, 2.75) is 18.2 Å². The number of β-lactam (4-membered cyclic amide) rings is 1. The molecular weight excluding hydrogens is 414 g/mol. The molecule has 1 saturated heterocycles. The number of nitrogens with zero attached hydrogens (tertiary/aromatic N) is 2. The Kier molecular flexibility index (Phi) is 5.63. The molecule has 0 unspecified atom stereocenters. The highest BCUT2D eigenvalue weighted by molar-refractivity contribution is 8.00. The van der Waals surface area contributed by atoms with Gasteiger partial charge in [-0.15, -0.1) is 15.7 Å². The number of fused-ring (bicyclic) bond motifs is 1. The Morgan fingerprint density at radius 1 is 1.34 bits per heavy atom. The number of thioether (sulfide) groups is 1. The summed E-state index contributed by atoms with van der Waals surface area (Å²) in [6.45, 7) is 0. The van der Waals surface area contributed by atoms with Crippen LogP contribution in [0, 0.1) is 0 Å². The van der Waals surface area contributed by atoms with Crippen LogP contribution < -0.4 is 9.40 Å². The topological polar surface area (TPSA) is 104 Å². The smallest absolute Gasteiger partial charge is 0.356 e. The van der Waals surface area contributed by atoms with Crippen LogP contribution in [0.25, 0.3) is 0 Å². The molecule has 8 nitrogen and oxygen atoms in total. The number of aromatic amines is 1. The van der Waals surface area contributed by atoms with Gasteiger partial charge in [-0.2, -0.15) is 0 Å². The molecule has 0 bridgehead atoms. The Hall–Kier alpha value is -2.72. The summed E-state index contributed by atoms with van der Waals surface area (Å²) in [6.07, 6.45) is 5.59. The second kappa shape index (κ2) is 8.34. The van der Waals surface area contributed by atoms with Crippen molar-refractivity contribution in [3.05, 3.63) is 70.0 Å². The number of nitrogens with one attached hydrogen (secondary N) is 1. The van der Waals surface area contributed by atoms with Crippen LogP contribution in [0.3, 0.4) is 0 Å². The summed E-state index contributed by atoms with van der Waals surface area (Å²) in [5.74, 6) is -0.379. The number of amides is 1. The molecule has 29 heavy (non-hydrogen) atoms. The van der Waals surface area contributed by atoms with Gasteiger partial charge < -0.3 is 14.8 Å². The first-order chi connectivity index (χ1) is 14.0. The van der Waals surface area contributed by atoms with Crippen molar-refractivity contribution in [3.63, 3.8) is 0 Å². The van der Waals surface area contributed by atoms with E-state index >= 15 is 0 Å². The molecule has 4 heterocycles. The molecule has 1 amide bonds. The number of pyridine rings is 2. The van der Waals surface area contributed by atoms with E-state index in [0.717, 1.165) is 0 Å². The predicted molar refractivity (Wildman–Crippen MR) is 108 cm³/mol. The molecule has 1 fully saturated rings. The molecule has 2 aromatic rings. The average molecular weight is 433 g/mol. The summed E-state index contributed by atoms with van der Waals surface area (Å²) >= 11 is 2.89. The Labute approximate surface area is 174 Å². The average Bonchev–Trinajstić information content (AvgIpc) is 2.71. The van der Waals surface area contributed by atoms with Crippen LogP contribution in [0.5, 0.6) is 5.75 Å². The zero-order chi connectivity index (χ0) is 20.4. The lowest BCUT2D eigenvalue weighted by atomic mass is 10.0. The standard InChI is InChI=1S/C19H17N3O5S2/c23-14-7-13(20-9-15(14)24)6-12-10-28-17-8-16(25)22(17)18(12)19(26)27-11-29-21-4-2-1-3-5-21/h1-5,7,9,17H,6,8,10-11H2,(H-,20,23,24)/p+1/t17-/m0/s1. The number of aromatic nitrogens is 2. The Morgan fingerprint density at radius 2 is 2.14 bits per heavy atom. The maximum Gasteiger partial charge on any atom is 0.356 e. The van der Waals surface area contributed by atoms with Gasteiger partial charge in [-0.1, -0.05) is 6.07 Å². The van der Waals surface area contributed by atoms with E-state index in [1.54, 1.807) is 11.8 Å². The van der Waals surface area contributed by atoms with Gasteiger partial charge in [0.2, 0.25) is 29.2 Å². The fraction of sp³-hybridized carbons (Fsp3) is 0.263. The second-order valence-corrected chi connectivity index (χ2v) is 8.57. The van der Waals surface area contributed by atoms with E-state index in [0.29, 0.717) is 23.4 Å². The van der Waals surface area contributed by atoms with Crippen LogP contribution in [0.1, 0.15) is 12.1 Å². The van der Waals surface area contributed by atoms with Crippen LogP contribution in [0.15, 0.2) is 58.9 Å². The highest BCUT2D eigenvalue weighted by atomic mass is 32.2. The lowest BCUT2D eigenvalue weighted by molar-refractivity contribution is -0.495. The zero-order valence-electron chi connectivity index (χ0n) is 15.2. The second-order valence-electron chi connectivity index (χ2n) is 6.48. The minimum absolute atomic E-state index is 0.0520. The molecule has 2 N–H and O–H groups in total. The van der Waals surface area contributed by atoms with Crippen molar-refractivity contribution in [3.8, 4) is 5.75 Å². The molecule has 2 aliphatic rings. The first-order valence-corrected chi connectivity index (χ1v) is 10.8. The normalized spacial score (nSPS) is 18.3. The van der Waals surface area contributed by atoms with Crippen molar-refractivity contribution in [1.29, 1.82) is 0 Å².